The molecule has 0 aliphatic carbocycles. The molecule has 2 N–H and O–H groups in total. The zero-order valence-corrected chi connectivity index (χ0v) is 10.8. The van der Waals surface area contributed by atoms with Crippen molar-refractivity contribution in [2.45, 2.75) is 6.54 Å². The topological polar surface area (TPSA) is 72.0 Å². The largest absolute Gasteiger partial charge is 0.476 e. The number of pyridine rings is 1. The minimum atomic E-state index is 0.576. The lowest BCUT2D eigenvalue weighted by molar-refractivity contribution is 0.302. The quantitative estimate of drug-likeness (QED) is 0.725. The fourth-order valence-corrected chi connectivity index (χ4v) is 1.47. The van der Waals surface area contributed by atoms with Gasteiger partial charge in [-0.2, -0.15) is 0 Å². The molecule has 0 aliphatic rings. The second kappa shape index (κ2) is 7.27. The van der Waals surface area contributed by atoms with Crippen molar-refractivity contribution in [3.8, 4) is 5.88 Å². The summed E-state index contributed by atoms with van der Waals surface area (Å²) in [6.45, 7) is 2.03. The van der Waals surface area contributed by atoms with Gasteiger partial charge in [0.25, 0.3) is 0 Å². The third-order valence-electron chi connectivity index (χ3n) is 2.42. The van der Waals surface area contributed by atoms with Crippen molar-refractivity contribution in [3.63, 3.8) is 0 Å². The molecule has 0 saturated heterocycles. The number of rotatable bonds is 7. The van der Waals surface area contributed by atoms with Gasteiger partial charge in [0, 0.05) is 50.4 Å². The summed E-state index contributed by atoms with van der Waals surface area (Å²) in [5.74, 6) is 1.27. The van der Waals surface area contributed by atoms with E-state index in [4.69, 9.17) is 4.74 Å². The molecule has 0 fully saturated rings. The van der Waals surface area contributed by atoms with E-state index in [1.54, 1.807) is 25.6 Å². The Morgan fingerprint density at radius 1 is 1.16 bits per heavy atom. The first kappa shape index (κ1) is 13.2. The first-order valence-corrected chi connectivity index (χ1v) is 6.11. The van der Waals surface area contributed by atoms with Gasteiger partial charge in [-0.15, -0.1) is 0 Å². The van der Waals surface area contributed by atoms with Gasteiger partial charge >= 0.3 is 0 Å². The molecule has 0 aliphatic heterocycles. The van der Waals surface area contributed by atoms with Crippen LogP contribution < -0.4 is 15.4 Å². The Morgan fingerprint density at radius 3 is 2.68 bits per heavy atom. The molecule has 6 nitrogen and oxygen atoms in total. The van der Waals surface area contributed by atoms with E-state index in [0.717, 1.165) is 18.7 Å². The fourth-order valence-electron chi connectivity index (χ4n) is 1.47. The van der Waals surface area contributed by atoms with Gasteiger partial charge in [0.05, 0.1) is 0 Å². The summed E-state index contributed by atoms with van der Waals surface area (Å²) in [5.41, 5.74) is 1.04. The van der Waals surface area contributed by atoms with E-state index in [9.17, 15) is 0 Å². The van der Waals surface area contributed by atoms with Gasteiger partial charge in [-0.25, -0.2) is 15.0 Å². The Kier molecular flexibility index (Phi) is 5.06. The molecule has 0 atom stereocenters. The highest BCUT2D eigenvalue weighted by atomic mass is 16.5. The van der Waals surface area contributed by atoms with E-state index < -0.39 is 0 Å². The molecule has 2 aromatic heterocycles. The normalized spacial score (nSPS) is 10.2. The lowest BCUT2D eigenvalue weighted by atomic mass is 10.3. The minimum Gasteiger partial charge on any atom is -0.476 e. The van der Waals surface area contributed by atoms with Crippen molar-refractivity contribution < 1.29 is 4.74 Å². The molecule has 0 unspecified atom stereocenters. The lowest BCUT2D eigenvalue weighted by Gasteiger charge is -2.06. The van der Waals surface area contributed by atoms with E-state index in [2.05, 4.69) is 25.6 Å². The summed E-state index contributed by atoms with van der Waals surface area (Å²) in [6, 6.07) is 5.60. The fraction of sp³-hybridized carbons (Fsp3) is 0.308. The van der Waals surface area contributed by atoms with Crippen molar-refractivity contribution in [1.82, 2.24) is 20.3 Å². The average Bonchev–Trinajstić information content (AvgIpc) is 2.49. The van der Waals surface area contributed by atoms with Crippen LogP contribution in [0.2, 0.25) is 0 Å². The molecule has 2 rings (SSSR count). The van der Waals surface area contributed by atoms with Gasteiger partial charge in [0.2, 0.25) is 11.8 Å². The second-order valence-corrected chi connectivity index (χ2v) is 3.86. The maximum Gasteiger partial charge on any atom is 0.222 e. The number of nitrogens with zero attached hydrogens (tertiary/aromatic N) is 3. The SMILES string of the molecule is CNc1ncc(CNCCOc2ccccn2)cn1. The Morgan fingerprint density at radius 2 is 2.00 bits per heavy atom. The molecule has 0 radical (unpaired) electrons. The molecule has 19 heavy (non-hydrogen) atoms. The first-order chi connectivity index (χ1) is 9.38. The molecule has 100 valence electrons. The number of anilines is 1. The highest BCUT2D eigenvalue weighted by Gasteiger charge is 1.96. The predicted octanol–water partition coefficient (Wildman–Crippen LogP) is 1.08. The van der Waals surface area contributed by atoms with E-state index in [1.807, 2.05) is 18.2 Å². The molecule has 2 heterocycles. The molecule has 2 aromatic rings. The Balaban J connectivity index is 1.63. The standard InChI is InChI=1S/C13H17N5O/c1-14-13-17-9-11(10-18-13)8-15-6-7-19-12-4-2-3-5-16-12/h2-5,9-10,15H,6-8H2,1H3,(H,14,17,18). The van der Waals surface area contributed by atoms with Crippen molar-refractivity contribution in [2.75, 3.05) is 25.5 Å². The third kappa shape index (κ3) is 4.51. The number of hydrogen-bond donors (Lipinski definition) is 2. The van der Waals surface area contributed by atoms with Crippen molar-refractivity contribution in [2.24, 2.45) is 0 Å². The van der Waals surface area contributed by atoms with Gasteiger partial charge < -0.3 is 15.4 Å². The maximum atomic E-state index is 5.47. The van der Waals surface area contributed by atoms with Crippen LogP contribution in [0.3, 0.4) is 0 Å². The first-order valence-electron chi connectivity index (χ1n) is 6.11. The second-order valence-electron chi connectivity index (χ2n) is 3.86. The zero-order chi connectivity index (χ0) is 13.3. The molecular formula is C13H17N5O. The van der Waals surface area contributed by atoms with Gasteiger partial charge in [0.1, 0.15) is 6.61 Å². The summed E-state index contributed by atoms with van der Waals surface area (Å²) in [7, 11) is 1.79. The molecule has 0 saturated carbocycles. The predicted molar refractivity (Wildman–Crippen MR) is 73.0 cm³/mol. The Labute approximate surface area is 112 Å². The van der Waals surface area contributed by atoms with Crippen LogP contribution in [-0.4, -0.2) is 35.2 Å². The van der Waals surface area contributed by atoms with Crippen LogP contribution in [0.25, 0.3) is 0 Å². The molecule has 0 spiro atoms. The van der Waals surface area contributed by atoms with E-state index >= 15 is 0 Å². The summed E-state index contributed by atoms with van der Waals surface area (Å²) >= 11 is 0. The third-order valence-corrected chi connectivity index (χ3v) is 2.42. The molecular weight excluding hydrogens is 242 g/mol. The molecule has 0 amide bonds. The van der Waals surface area contributed by atoms with E-state index in [0.29, 0.717) is 18.4 Å². The average molecular weight is 259 g/mol. The van der Waals surface area contributed by atoms with Gasteiger partial charge in [0.15, 0.2) is 0 Å². The van der Waals surface area contributed by atoms with Crippen molar-refractivity contribution in [1.29, 1.82) is 0 Å². The number of hydrogen-bond acceptors (Lipinski definition) is 6. The van der Waals surface area contributed by atoms with Crippen LogP contribution in [0.1, 0.15) is 5.56 Å². The van der Waals surface area contributed by atoms with Gasteiger partial charge in [-0.3, -0.25) is 0 Å². The summed E-state index contributed by atoms with van der Waals surface area (Å²) in [4.78, 5) is 12.4. The summed E-state index contributed by atoms with van der Waals surface area (Å²) < 4.78 is 5.47. The number of ether oxygens (including phenoxy) is 1. The molecule has 0 aromatic carbocycles. The van der Waals surface area contributed by atoms with Crippen LogP contribution in [0, 0.1) is 0 Å². The monoisotopic (exact) mass is 259 g/mol. The zero-order valence-electron chi connectivity index (χ0n) is 10.8. The van der Waals surface area contributed by atoms with Crippen LogP contribution >= 0.6 is 0 Å². The maximum absolute atomic E-state index is 5.47. The lowest BCUT2D eigenvalue weighted by Crippen LogP contribution is -2.21. The highest BCUT2D eigenvalue weighted by Crippen LogP contribution is 2.02. The summed E-state index contributed by atoms with van der Waals surface area (Å²) in [6.07, 6.45) is 5.31. The number of nitrogens with one attached hydrogen (secondary N) is 2. The smallest absolute Gasteiger partial charge is 0.222 e. The van der Waals surface area contributed by atoms with Crippen LogP contribution in [0.15, 0.2) is 36.8 Å². The highest BCUT2D eigenvalue weighted by molar-refractivity contribution is 5.23. The number of aromatic nitrogens is 3. The van der Waals surface area contributed by atoms with Crippen molar-refractivity contribution in [3.05, 3.63) is 42.4 Å². The molecule has 6 heteroatoms. The minimum absolute atomic E-state index is 0.576. The van der Waals surface area contributed by atoms with Crippen LogP contribution in [0.4, 0.5) is 5.95 Å². The van der Waals surface area contributed by atoms with Crippen LogP contribution in [-0.2, 0) is 6.54 Å². The Bertz CT molecular complexity index is 474. The van der Waals surface area contributed by atoms with E-state index in [-0.39, 0.29) is 0 Å². The van der Waals surface area contributed by atoms with E-state index in [1.165, 1.54) is 0 Å². The van der Waals surface area contributed by atoms with Crippen LogP contribution in [0.5, 0.6) is 5.88 Å². The molecule has 0 bridgehead atoms. The Hall–Kier alpha value is -2.21. The summed E-state index contributed by atoms with van der Waals surface area (Å²) in [5, 5.41) is 6.14. The van der Waals surface area contributed by atoms with Gasteiger partial charge in [-0.1, -0.05) is 6.07 Å². The van der Waals surface area contributed by atoms with Gasteiger partial charge in [-0.05, 0) is 6.07 Å². The van der Waals surface area contributed by atoms with Crippen molar-refractivity contribution >= 4 is 5.95 Å².